The molecule has 0 unspecified atom stereocenters. The topological polar surface area (TPSA) is 75.7 Å². The largest absolute Gasteiger partial charge is 0.726 e. The molecule has 16 heavy (non-hydrogen) atoms. The molecule has 0 saturated carbocycles. The lowest BCUT2D eigenvalue weighted by atomic mass is 10.1. The van der Waals surface area contributed by atoms with E-state index in [4.69, 9.17) is 4.74 Å². The van der Waals surface area contributed by atoms with Crippen molar-refractivity contribution in [2.24, 2.45) is 0 Å². The molecule has 6 heteroatoms. The standard InChI is InChI=1S/C10H22O5S/c1-2-3-4-5-6-7-8-14-9-10-15-16(11,12)13/h2-10H2,1H3,(H,11,12,13)/p-1. The van der Waals surface area contributed by atoms with Crippen molar-refractivity contribution in [1.29, 1.82) is 0 Å². The van der Waals surface area contributed by atoms with Gasteiger partial charge in [0.1, 0.15) is 0 Å². The summed E-state index contributed by atoms with van der Waals surface area (Å²) < 4.78 is 39.2. The molecule has 0 saturated heterocycles. The number of ether oxygens (including phenoxy) is 1. The lowest BCUT2D eigenvalue weighted by molar-refractivity contribution is 0.0939. The Labute approximate surface area is 98.1 Å². The van der Waals surface area contributed by atoms with Crippen LogP contribution in [0.4, 0.5) is 0 Å². The summed E-state index contributed by atoms with van der Waals surface area (Å²) >= 11 is 0. The fraction of sp³-hybridized carbons (Fsp3) is 1.00. The minimum absolute atomic E-state index is 0.149. The second-order valence-corrected chi connectivity index (χ2v) is 4.66. The second-order valence-electron chi connectivity index (χ2n) is 3.61. The Morgan fingerprint density at radius 1 is 0.938 bits per heavy atom. The quantitative estimate of drug-likeness (QED) is 0.319. The smallest absolute Gasteiger partial charge is 0.217 e. The summed E-state index contributed by atoms with van der Waals surface area (Å²) in [5.41, 5.74) is 0. The molecule has 0 aromatic carbocycles. The zero-order valence-electron chi connectivity index (χ0n) is 9.81. The average Bonchev–Trinajstić information content (AvgIpc) is 2.19. The van der Waals surface area contributed by atoms with Gasteiger partial charge in [0.05, 0.1) is 13.2 Å². The highest BCUT2D eigenvalue weighted by atomic mass is 32.3. The van der Waals surface area contributed by atoms with Gasteiger partial charge in [-0.2, -0.15) is 0 Å². The monoisotopic (exact) mass is 253 g/mol. The van der Waals surface area contributed by atoms with Gasteiger partial charge in [-0.05, 0) is 6.42 Å². The van der Waals surface area contributed by atoms with Crippen molar-refractivity contribution in [3.63, 3.8) is 0 Å². The molecule has 0 aromatic heterocycles. The van der Waals surface area contributed by atoms with E-state index in [0.717, 1.165) is 12.8 Å². The van der Waals surface area contributed by atoms with Crippen LogP contribution in [0.5, 0.6) is 0 Å². The van der Waals surface area contributed by atoms with Crippen molar-refractivity contribution in [3.8, 4) is 0 Å². The Hall–Kier alpha value is -0.170. The summed E-state index contributed by atoms with van der Waals surface area (Å²) in [7, 11) is -4.56. The van der Waals surface area contributed by atoms with Crippen LogP contribution in [0.1, 0.15) is 45.4 Å². The normalized spacial score (nSPS) is 11.9. The SMILES string of the molecule is CCCCCCCCOCCOS(=O)(=O)[O-]. The van der Waals surface area contributed by atoms with Gasteiger partial charge < -0.3 is 9.29 Å². The van der Waals surface area contributed by atoms with Gasteiger partial charge in [-0.25, -0.2) is 8.42 Å². The van der Waals surface area contributed by atoms with E-state index < -0.39 is 10.4 Å². The van der Waals surface area contributed by atoms with Crippen molar-refractivity contribution >= 4 is 10.4 Å². The van der Waals surface area contributed by atoms with E-state index in [1.807, 2.05) is 0 Å². The van der Waals surface area contributed by atoms with Gasteiger partial charge in [0.25, 0.3) is 0 Å². The molecule has 0 aromatic rings. The van der Waals surface area contributed by atoms with Crippen molar-refractivity contribution in [2.75, 3.05) is 19.8 Å². The number of hydrogen-bond donors (Lipinski definition) is 0. The molecule has 0 heterocycles. The molecular weight excluding hydrogens is 232 g/mol. The van der Waals surface area contributed by atoms with Gasteiger partial charge in [0.15, 0.2) is 0 Å². The first-order valence-electron chi connectivity index (χ1n) is 5.74. The van der Waals surface area contributed by atoms with Crippen molar-refractivity contribution in [3.05, 3.63) is 0 Å². The lowest BCUT2D eigenvalue weighted by Gasteiger charge is -2.07. The average molecular weight is 253 g/mol. The fourth-order valence-electron chi connectivity index (χ4n) is 1.28. The van der Waals surface area contributed by atoms with E-state index in [0.29, 0.717) is 6.61 Å². The Morgan fingerprint density at radius 2 is 1.56 bits per heavy atom. The van der Waals surface area contributed by atoms with Crippen LogP contribution in [0.15, 0.2) is 0 Å². The van der Waals surface area contributed by atoms with Crippen LogP contribution in [0.3, 0.4) is 0 Å². The molecule has 0 amide bonds. The highest BCUT2D eigenvalue weighted by molar-refractivity contribution is 7.80. The minimum atomic E-state index is -4.56. The molecule has 0 spiro atoms. The number of rotatable bonds is 11. The van der Waals surface area contributed by atoms with Crippen LogP contribution in [0.2, 0.25) is 0 Å². The summed E-state index contributed by atoms with van der Waals surface area (Å²) in [5.74, 6) is 0. The number of hydrogen-bond acceptors (Lipinski definition) is 5. The molecule has 0 aliphatic rings. The minimum Gasteiger partial charge on any atom is -0.726 e. The van der Waals surface area contributed by atoms with E-state index >= 15 is 0 Å². The summed E-state index contributed by atoms with van der Waals surface area (Å²) in [6, 6.07) is 0. The van der Waals surface area contributed by atoms with Crippen molar-refractivity contribution < 1.29 is 21.9 Å². The van der Waals surface area contributed by atoms with Gasteiger partial charge in [0.2, 0.25) is 10.4 Å². The molecule has 0 radical (unpaired) electrons. The molecule has 0 bridgehead atoms. The maximum atomic E-state index is 10.0. The highest BCUT2D eigenvalue weighted by Gasteiger charge is 1.95. The van der Waals surface area contributed by atoms with Gasteiger partial charge in [-0.3, -0.25) is 4.18 Å². The molecule has 0 rings (SSSR count). The molecule has 0 fully saturated rings. The van der Waals surface area contributed by atoms with E-state index in [2.05, 4.69) is 11.1 Å². The third kappa shape index (κ3) is 13.8. The maximum absolute atomic E-state index is 10.0. The zero-order chi connectivity index (χ0) is 12.3. The van der Waals surface area contributed by atoms with Crippen LogP contribution in [-0.2, 0) is 19.3 Å². The lowest BCUT2D eigenvalue weighted by Crippen LogP contribution is -2.10. The van der Waals surface area contributed by atoms with Gasteiger partial charge >= 0.3 is 0 Å². The third-order valence-electron chi connectivity index (χ3n) is 2.10. The molecule has 0 N–H and O–H groups in total. The summed E-state index contributed by atoms with van der Waals surface area (Å²) in [6.45, 7) is 2.72. The van der Waals surface area contributed by atoms with Crippen LogP contribution < -0.4 is 0 Å². The van der Waals surface area contributed by atoms with Gasteiger partial charge in [-0.15, -0.1) is 0 Å². The zero-order valence-corrected chi connectivity index (χ0v) is 10.6. The maximum Gasteiger partial charge on any atom is 0.217 e. The predicted molar refractivity (Wildman–Crippen MR) is 59.8 cm³/mol. The van der Waals surface area contributed by atoms with E-state index in [9.17, 15) is 13.0 Å². The van der Waals surface area contributed by atoms with E-state index in [1.54, 1.807) is 0 Å². The fourth-order valence-corrected chi connectivity index (χ4v) is 1.55. The van der Waals surface area contributed by atoms with Crippen molar-refractivity contribution in [2.45, 2.75) is 45.4 Å². The summed E-state index contributed by atoms with van der Waals surface area (Å²) in [6.07, 6.45) is 7.07. The molecule has 98 valence electrons. The predicted octanol–water partition coefficient (Wildman–Crippen LogP) is 1.84. The van der Waals surface area contributed by atoms with E-state index in [1.165, 1.54) is 25.7 Å². The molecule has 5 nitrogen and oxygen atoms in total. The first-order chi connectivity index (χ1) is 7.56. The van der Waals surface area contributed by atoms with Crippen LogP contribution in [-0.4, -0.2) is 32.8 Å². The molecule has 0 aliphatic heterocycles. The molecule has 0 aliphatic carbocycles. The molecular formula is C10H21O5S-. The Morgan fingerprint density at radius 3 is 2.19 bits per heavy atom. The van der Waals surface area contributed by atoms with Gasteiger partial charge in [-0.1, -0.05) is 39.0 Å². The van der Waals surface area contributed by atoms with E-state index in [-0.39, 0.29) is 13.2 Å². The Balaban J connectivity index is 3.05. The highest BCUT2D eigenvalue weighted by Crippen LogP contribution is 2.04. The van der Waals surface area contributed by atoms with Crippen LogP contribution in [0.25, 0.3) is 0 Å². The summed E-state index contributed by atoms with van der Waals surface area (Å²) in [5, 5.41) is 0. The number of unbranched alkanes of at least 4 members (excludes halogenated alkanes) is 5. The Kier molecular flexibility index (Phi) is 9.91. The molecule has 0 atom stereocenters. The van der Waals surface area contributed by atoms with Crippen LogP contribution in [0, 0.1) is 0 Å². The van der Waals surface area contributed by atoms with Gasteiger partial charge in [0, 0.05) is 6.61 Å². The third-order valence-corrected chi connectivity index (χ3v) is 2.55. The first kappa shape index (κ1) is 15.8. The first-order valence-corrected chi connectivity index (χ1v) is 7.07. The summed E-state index contributed by atoms with van der Waals surface area (Å²) in [4.78, 5) is 0. The van der Waals surface area contributed by atoms with Crippen molar-refractivity contribution in [1.82, 2.24) is 0 Å². The van der Waals surface area contributed by atoms with Crippen LogP contribution >= 0.6 is 0 Å². The Bertz CT molecular complexity index is 238. The second kappa shape index (κ2) is 10.0.